The molecule has 3 aromatic rings. The second-order valence-electron chi connectivity index (χ2n) is 8.01. The lowest BCUT2D eigenvalue weighted by atomic mass is 10.1. The zero-order valence-electron chi connectivity index (χ0n) is 16.4. The highest BCUT2D eigenvalue weighted by Gasteiger charge is 2.41. The normalized spacial score (nSPS) is 20.7. The zero-order chi connectivity index (χ0) is 20.0. The van der Waals surface area contributed by atoms with Gasteiger partial charge >= 0.3 is 0 Å². The Hall–Kier alpha value is -2.77. The molecule has 3 aromatic heterocycles. The van der Waals surface area contributed by atoms with Crippen LogP contribution in [0.4, 0.5) is 5.82 Å². The fraction of sp³-hybridized carbons (Fsp3) is 0.409. The van der Waals surface area contributed by atoms with Crippen LogP contribution >= 0.6 is 0 Å². The molecule has 5 rings (SSSR count). The number of hydrogen-bond acceptors (Lipinski definition) is 6. The summed E-state index contributed by atoms with van der Waals surface area (Å²) in [6.07, 6.45) is 4.53. The van der Waals surface area contributed by atoms with Crippen LogP contribution in [0.15, 0.2) is 36.5 Å². The lowest BCUT2D eigenvalue weighted by Crippen LogP contribution is -2.23. The molecule has 4 heterocycles. The third-order valence-corrected chi connectivity index (χ3v) is 5.97. The predicted octanol–water partition coefficient (Wildman–Crippen LogP) is 2.90. The summed E-state index contributed by atoms with van der Waals surface area (Å²) in [6.45, 7) is 1.96. The SMILES string of the molecule is Cc1cccc(-c2nc3n(c2-c2ccnc(NC[C@H](O)CO)c2)[C@H]2CC[C@@H]3C2)n1. The van der Waals surface area contributed by atoms with Crippen molar-refractivity contribution >= 4 is 5.82 Å². The first kappa shape index (κ1) is 18.3. The van der Waals surface area contributed by atoms with Gasteiger partial charge in [0.05, 0.1) is 24.1 Å². The van der Waals surface area contributed by atoms with Gasteiger partial charge in [-0.05, 0) is 50.5 Å². The molecule has 0 radical (unpaired) electrons. The number of fused-ring (bicyclic) bond motifs is 5. The fourth-order valence-corrected chi connectivity index (χ4v) is 4.63. The van der Waals surface area contributed by atoms with E-state index in [1.165, 1.54) is 25.1 Å². The van der Waals surface area contributed by atoms with Crippen molar-refractivity contribution in [3.63, 3.8) is 0 Å². The van der Waals surface area contributed by atoms with E-state index < -0.39 is 6.10 Å². The smallest absolute Gasteiger partial charge is 0.126 e. The Morgan fingerprint density at radius 3 is 2.97 bits per heavy atom. The van der Waals surface area contributed by atoms with Gasteiger partial charge in [-0.15, -0.1) is 0 Å². The van der Waals surface area contributed by atoms with Gasteiger partial charge in [0, 0.05) is 36.0 Å². The van der Waals surface area contributed by atoms with Crippen LogP contribution in [-0.4, -0.2) is 49.0 Å². The topological polar surface area (TPSA) is 96.1 Å². The van der Waals surface area contributed by atoms with E-state index in [0.717, 1.165) is 28.3 Å². The minimum Gasteiger partial charge on any atom is -0.394 e. The molecule has 7 heteroatoms. The Morgan fingerprint density at radius 2 is 2.14 bits per heavy atom. The third kappa shape index (κ3) is 3.20. The van der Waals surface area contributed by atoms with Gasteiger partial charge in [-0.1, -0.05) is 6.07 Å². The highest BCUT2D eigenvalue weighted by molar-refractivity contribution is 5.79. The number of aliphatic hydroxyl groups excluding tert-OH is 2. The van der Waals surface area contributed by atoms with Gasteiger partial charge in [0.1, 0.15) is 17.3 Å². The van der Waals surface area contributed by atoms with Crippen molar-refractivity contribution < 1.29 is 10.2 Å². The summed E-state index contributed by atoms with van der Waals surface area (Å²) in [4.78, 5) is 14.2. The molecule has 0 spiro atoms. The molecule has 7 nitrogen and oxygen atoms in total. The number of imidazole rings is 1. The molecular weight excluding hydrogens is 366 g/mol. The van der Waals surface area contributed by atoms with E-state index in [0.29, 0.717) is 17.8 Å². The second kappa shape index (κ2) is 7.24. The van der Waals surface area contributed by atoms with Gasteiger partial charge in [-0.25, -0.2) is 9.97 Å². The van der Waals surface area contributed by atoms with Crippen LogP contribution in [0, 0.1) is 6.92 Å². The lowest BCUT2D eigenvalue weighted by molar-refractivity contribution is 0.105. The number of rotatable bonds is 6. The van der Waals surface area contributed by atoms with E-state index in [2.05, 4.69) is 14.9 Å². The number of nitrogens with one attached hydrogen (secondary N) is 1. The third-order valence-electron chi connectivity index (χ3n) is 5.97. The molecular formula is C22H25N5O2. The Balaban J connectivity index is 1.60. The molecule has 1 fully saturated rings. The van der Waals surface area contributed by atoms with Crippen LogP contribution in [0.25, 0.3) is 22.6 Å². The molecule has 1 saturated carbocycles. The molecule has 0 amide bonds. The van der Waals surface area contributed by atoms with E-state index in [-0.39, 0.29) is 13.2 Å². The number of pyridine rings is 2. The Kier molecular flexibility index (Phi) is 4.56. The largest absolute Gasteiger partial charge is 0.394 e. The summed E-state index contributed by atoms with van der Waals surface area (Å²) in [7, 11) is 0. The van der Waals surface area contributed by atoms with Crippen LogP contribution in [-0.2, 0) is 0 Å². The quantitative estimate of drug-likeness (QED) is 0.598. The minimum atomic E-state index is -0.817. The molecule has 0 aromatic carbocycles. The molecule has 1 aliphatic carbocycles. The summed E-state index contributed by atoms with van der Waals surface area (Å²) in [5.74, 6) is 2.38. The highest BCUT2D eigenvalue weighted by atomic mass is 16.3. The van der Waals surface area contributed by atoms with Crippen molar-refractivity contribution in [2.45, 2.75) is 44.2 Å². The summed E-state index contributed by atoms with van der Waals surface area (Å²) in [5.41, 5.74) is 4.92. The van der Waals surface area contributed by atoms with E-state index in [1.54, 1.807) is 6.20 Å². The van der Waals surface area contributed by atoms with Crippen molar-refractivity contribution in [3.05, 3.63) is 48.0 Å². The number of nitrogens with zero attached hydrogens (tertiary/aromatic N) is 4. The summed E-state index contributed by atoms with van der Waals surface area (Å²) in [5, 5.41) is 21.8. The van der Waals surface area contributed by atoms with Crippen molar-refractivity contribution in [1.82, 2.24) is 19.5 Å². The van der Waals surface area contributed by atoms with Gasteiger partial charge in [0.2, 0.25) is 0 Å². The standard InChI is InChI=1S/C22H25N5O2/c1-13-3-2-4-18(25-13)20-21(27-16-6-5-15(9-16)22(27)26-20)14-7-8-23-19(10-14)24-11-17(29)12-28/h2-4,7-8,10,15-17,28-29H,5-6,9,11-12H2,1H3,(H,23,24)/t15-,16+,17+/m1/s1. The lowest BCUT2D eigenvalue weighted by Gasteiger charge is -2.18. The predicted molar refractivity (Wildman–Crippen MR) is 111 cm³/mol. The fourth-order valence-electron chi connectivity index (χ4n) is 4.63. The molecule has 2 aliphatic rings. The molecule has 3 atom stereocenters. The summed E-state index contributed by atoms with van der Waals surface area (Å²) >= 11 is 0. The van der Waals surface area contributed by atoms with E-state index in [9.17, 15) is 5.11 Å². The van der Waals surface area contributed by atoms with Gasteiger partial charge in [-0.3, -0.25) is 4.98 Å². The molecule has 150 valence electrons. The molecule has 0 saturated heterocycles. The molecule has 1 aliphatic heterocycles. The maximum atomic E-state index is 9.63. The number of aliphatic hydroxyl groups is 2. The summed E-state index contributed by atoms with van der Waals surface area (Å²) in [6, 6.07) is 10.5. The minimum absolute atomic E-state index is 0.245. The average Bonchev–Trinajstić information content (AvgIpc) is 3.44. The van der Waals surface area contributed by atoms with Crippen LogP contribution in [0.1, 0.15) is 42.7 Å². The van der Waals surface area contributed by atoms with Crippen LogP contribution in [0.2, 0.25) is 0 Å². The first-order valence-corrected chi connectivity index (χ1v) is 10.2. The molecule has 29 heavy (non-hydrogen) atoms. The second-order valence-corrected chi connectivity index (χ2v) is 8.01. The van der Waals surface area contributed by atoms with Crippen molar-refractivity contribution in [2.75, 3.05) is 18.5 Å². The van der Waals surface area contributed by atoms with Gasteiger partial charge in [0.25, 0.3) is 0 Å². The number of aryl methyl sites for hydroxylation is 1. The van der Waals surface area contributed by atoms with E-state index >= 15 is 0 Å². The first-order chi connectivity index (χ1) is 14.1. The highest BCUT2D eigenvalue weighted by Crippen LogP contribution is 2.52. The van der Waals surface area contributed by atoms with Crippen molar-refractivity contribution in [2.24, 2.45) is 0 Å². The molecule has 0 unspecified atom stereocenters. The molecule has 2 bridgehead atoms. The van der Waals surface area contributed by atoms with Crippen LogP contribution < -0.4 is 5.32 Å². The monoisotopic (exact) mass is 391 g/mol. The van der Waals surface area contributed by atoms with Gasteiger partial charge in [0.15, 0.2) is 0 Å². The van der Waals surface area contributed by atoms with Crippen molar-refractivity contribution in [1.29, 1.82) is 0 Å². The van der Waals surface area contributed by atoms with Crippen molar-refractivity contribution in [3.8, 4) is 22.6 Å². The first-order valence-electron chi connectivity index (χ1n) is 10.2. The number of aromatic nitrogens is 4. The Morgan fingerprint density at radius 1 is 1.24 bits per heavy atom. The molecule has 3 N–H and O–H groups in total. The van der Waals surface area contributed by atoms with Crippen LogP contribution in [0.3, 0.4) is 0 Å². The Bertz CT molecular complexity index is 1050. The van der Waals surface area contributed by atoms with Gasteiger partial charge in [-0.2, -0.15) is 0 Å². The zero-order valence-corrected chi connectivity index (χ0v) is 16.4. The van der Waals surface area contributed by atoms with E-state index in [4.69, 9.17) is 15.1 Å². The van der Waals surface area contributed by atoms with E-state index in [1.807, 2.05) is 37.3 Å². The summed E-state index contributed by atoms with van der Waals surface area (Å²) < 4.78 is 2.41. The maximum absolute atomic E-state index is 9.63. The van der Waals surface area contributed by atoms with Gasteiger partial charge < -0.3 is 20.1 Å². The number of hydrogen-bond donors (Lipinski definition) is 3. The average molecular weight is 391 g/mol. The Labute approximate surface area is 169 Å². The maximum Gasteiger partial charge on any atom is 0.126 e. The van der Waals surface area contributed by atoms with Crippen LogP contribution in [0.5, 0.6) is 0 Å². The number of anilines is 1.